The fourth-order valence-electron chi connectivity index (χ4n) is 2.88. The lowest BCUT2D eigenvalue weighted by Gasteiger charge is -1.93. The van der Waals surface area contributed by atoms with Crippen LogP contribution < -0.4 is 9.13 Å². The van der Waals surface area contributed by atoms with Crippen LogP contribution in [0.25, 0.3) is 0 Å². The number of nitrogens with zero attached hydrogens (tertiary/aromatic N) is 8. The average molecular weight is 324 g/mol. The molecule has 8 bridgehead atoms. The van der Waals surface area contributed by atoms with Gasteiger partial charge in [0, 0.05) is 0 Å². The van der Waals surface area contributed by atoms with E-state index in [4.69, 9.17) is 0 Å². The Morgan fingerprint density at radius 3 is 2.33 bits per heavy atom. The van der Waals surface area contributed by atoms with Crippen molar-refractivity contribution in [3.05, 3.63) is 60.7 Å². The van der Waals surface area contributed by atoms with E-state index in [0.717, 1.165) is 23.3 Å². The largest absolute Gasteiger partial charge is 0.260 e. The van der Waals surface area contributed by atoms with Gasteiger partial charge in [0.05, 0.1) is 0 Å². The van der Waals surface area contributed by atoms with E-state index >= 15 is 0 Å². The summed E-state index contributed by atoms with van der Waals surface area (Å²) >= 11 is 0. The highest BCUT2D eigenvalue weighted by Crippen LogP contribution is 2.01. The van der Waals surface area contributed by atoms with Crippen molar-refractivity contribution in [1.29, 1.82) is 0 Å². The topological polar surface area (TPSA) is 101 Å². The normalized spacial score (nSPS) is 14.0. The molecule has 1 aliphatic rings. The summed E-state index contributed by atoms with van der Waals surface area (Å²) in [5.41, 5.74) is 0. The van der Waals surface area contributed by atoms with Crippen molar-refractivity contribution >= 4 is 0 Å². The van der Waals surface area contributed by atoms with E-state index in [2.05, 4.69) is 39.5 Å². The molecule has 0 atom stereocenters. The van der Waals surface area contributed by atoms with Crippen LogP contribution in [0.1, 0.15) is 23.3 Å². The molecule has 0 amide bonds. The van der Waals surface area contributed by atoms with E-state index in [-0.39, 0.29) is 0 Å². The molecule has 5 heterocycles. The smallest absolute Gasteiger partial charge is 0.244 e. The number of hydrogen-bond acceptors (Lipinski definition) is 4. The predicted molar refractivity (Wildman–Crippen MR) is 78.4 cm³/mol. The Labute approximate surface area is 136 Å². The number of aromatic nitrogens is 10. The van der Waals surface area contributed by atoms with Gasteiger partial charge in [0.2, 0.25) is 12.7 Å². The molecule has 0 unspecified atom stereocenters. The first-order valence-corrected chi connectivity index (χ1v) is 7.70. The second-order valence-electron chi connectivity index (χ2n) is 5.91. The van der Waals surface area contributed by atoms with Gasteiger partial charge >= 0.3 is 0 Å². The zero-order chi connectivity index (χ0) is 15.9. The maximum Gasteiger partial charge on any atom is 0.244 e. The van der Waals surface area contributed by atoms with Gasteiger partial charge in [0.15, 0.2) is 36.4 Å². The Balaban J connectivity index is 1.54. The predicted octanol–water partition coefficient (Wildman–Crippen LogP) is -1.39. The van der Waals surface area contributed by atoms with E-state index in [1.54, 1.807) is 0 Å². The van der Waals surface area contributed by atoms with Crippen LogP contribution in [0.5, 0.6) is 0 Å². The van der Waals surface area contributed by atoms with Crippen molar-refractivity contribution < 1.29 is 9.13 Å². The summed E-state index contributed by atoms with van der Waals surface area (Å²) in [6.07, 6.45) is 12.0. The molecule has 5 rings (SSSR count). The molecular formula is C14H16N10+2. The van der Waals surface area contributed by atoms with Gasteiger partial charge in [-0.25, -0.2) is 28.2 Å². The summed E-state index contributed by atoms with van der Waals surface area (Å²) in [6.45, 7) is 2.53. The molecule has 2 N–H and O–H groups in total. The molecule has 1 aliphatic heterocycles. The zero-order valence-electron chi connectivity index (χ0n) is 12.9. The Morgan fingerprint density at radius 2 is 1.46 bits per heavy atom. The lowest BCUT2D eigenvalue weighted by molar-refractivity contribution is -0.689. The SMILES string of the molecule is c1c[n+]2cn1Cc1n[nH]c(n1)Cn1cc[n+](c1)Cc1nc(n[nH]1)C2. The van der Waals surface area contributed by atoms with Crippen LogP contribution in [0.2, 0.25) is 0 Å². The summed E-state index contributed by atoms with van der Waals surface area (Å²) in [6, 6.07) is 0. The molecule has 10 heteroatoms. The van der Waals surface area contributed by atoms with Crippen molar-refractivity contribution in [3.8, 4) is 0 Å². The zero-order valence-corrected chi connectivity index (χ0v) is 12.9. The van der Waals surface area contributed by atoms with Gasteiger partial charge in [0.25, 0.3) is 0 Å². The number of aromatic amines is 2. The Kier molecular flexibility index (Phi) is 2.81. The van der Waals surface area contributed by atoms with Gasteiger partial charge in [-0.05, 0) is 0 Å². The molecular weight excluding hydrogens is 308 g/mol. The number of fused-ring (bicyclic) bond motifs is 8. The van der Waals surface area contributed by atoms with Crippen molar-refractivity contribution in [2.24, 2.45) is 0 Å². The monoisotopic (exact) mass is 324 g/mol. The Bertz CT molecular complexity index is 760. The lowest BCUT2D eigenvalue weighted by Crippen LogP contribution is -2.33. The first-order chi connectivity index (χ1) is 11.8. The molecule has 0 saturated heterocycles. The molecule has 0 spiro atoms. The third-order valence-corrected chi connectivity index (χ3v) is 3.96. The van der Waals surface area contributed by atoms with Crippen LogP contribution in [0.15, 0.2) is 37.4 Å². The van der Waals surface area contributed by atoms with E-state index in [1.807, 2.05) is 46.6 Å². The number of nitrogens with one attached hydrogen (secondary N) is 2. The van der Waals surface area contributed by atoms with Crippen LogP contribution >= 0.6 is 0 Å². The van der Waals surface area contributed by atoms with Crippen LogP contribution in [-0.4, -0.2) is 39.5 Å². The highest BCUT2D eigenvalue weighted by atomic mass is 15.3. The third kappa shape index (κ3) is 2.47. The summed E-state index contributed by atoms with van der Waals surface area (Å²) in [4.78, 5) is 9.12. The quantitative estimate of drug-likeness (QED) is 0.342. The molecule has 0 aliphatic carbocycles. The van der Waals surface area contributed by atoms with Crippen LogP contribution in [-0.2, 0) is 26.2 Å². The molecule has 0 fully saturated rings. The molecule has 24 heavy (non-hydrogen) atoms. The van der Waals surface area contributed by atoms with E-state index in [9.17, 15) is 0 Å². The maximum atomic E-state index is 4.56. The summed E-state index contributed by atoms with van der Waals surface area (Å²) in [7, 11) is 0. The Hall–Kier alpha value is -3.30. The lowest BCUT2D eigenvalue weighted by atomic mass is 10.5. The van der Waals surface area contributed by atoms with Crippen molar-refractivity contribution in [2.75, 3.05) is 0 Å². The van der Waals surface area contributed by atoms with E-state index in [1.165, 1.54) is 0 Å². The number of imidazole rings is 2. The van der Waals surface area contributed by atoms with Gasteiger partial charge in [-0.1, -0.05) is 0 Å². The van der Waals surface area contributed by atoms with Crippen LogP contribution in [0, 0.1) is 0 Å². The van der Waals surface area contributed by atoms with E-state index in [0.29, 0.717) is 26.2 Å². The van der Waals surface area contributed by atoms with Crippen molar-refractivity contribution in [2.45, 2.75) is 26.2 Å². The van der Waals surface area contributed by atoms with Gasteiger partial charge in [-0.15, -0.1) is 0 Å². The fraction of sp³-hybridized carbons (Fsp3) is 0.286. The first kappa shape index (κ1) is 13.2. The average Bonchev–Trinajstić information content (AvgIpc) is 3.32. The minimum Gasteiger partial charge on any atom is -0.260 e. The molecule has 0 radical (unpaired) electrons. The molecule has 10 nitrogen and oxygen atoms in total. The summed E-state index contributed by atoms with van der Waals surface area (Å²) < 4.78 is 8.18. The minimum atomic E-state index is 0.619. The van der Waals surface area contributed by atoms with Crippen LogP contribution in [0.4, 0.5) is 0 Å². The first-order valence-electron chi connectivity index (χ1n) is 7.70. The highest BCUT2D eigenvalue weighted by molar-refractivity contribution is 4.93. The Morgan fingerprint density at radius 1 is 0.792 bits per heavy atom. The molecule has 0 saturated carbocycles. The fourth-order valence-corrected chi connectivity index (χ4v) is 2.88. The summed E-state index contributed by atoms with van der Waals surface area (Å²) in [5, 5.41) is 14.6. The maximum absolute atomic E-state index is 4.56. The van der Waals surface area contributed by atoms with Gasteiger partial charge in [-0.3, -0.25) is 10.2 Å². The molecule has 120 valence electrons. The number of rotatable bonds is 0. The molecule has 0 aromatic carbocycles. The standard InChI is InChI=1S/C14H16N10/c1-2-22-6-12-16-14(20-18-12)8-24-4-3-23(10-24)7-13-15-11(17-19-13)5-21(1)9-22/h1-4,9-10H,5-8H2,(H,15,17,19)(H,16,18,20)/q+2. The van der Waals surface area contributed by atoms with Gasteiger partial charge in [-0.2, -0.15) is 10.2 Å². The third-order valence-electron chi connectivity index (χ3n) is 3.96. The summed E-state index contributed by atoms with van der Waals surface area (Å²) in [5.74, 6) is 3.20. The number of H-pyrrole nitrogens is 2. The van der Waals surface area contributed by atoms with Gasteiger partial charge < -0.3 is 0 Å². The van der Waals surface area contributed by atoms with Crippen LogP contribution in [0.3, 0.4) is 0 Å². The molecule has 4 aromatic rings. The van der Waals surface area contributed by atoms with E-state index < -0.39 is 0 Å². The highest BCUT2D eigenvalue weighted by Gasteiger charge is 2.15. The second kappa shape index (κ2) is 5.11. The molecule has 4 aromatic heterocycles. The van der Waals surface area contributed by atoms with Crippen molar-refractivity contribution in [3.63, 3.8) is 0 Å². The van der Waals surface area contributed by atoms with Crippen molar-refractivity contribution in [1.82, 2.24) is 39.5 Å². The minimum absolute atomic E-state index is 0.619. The second-order valence-corrected chi connectivity index (χ2v) is 5.91. The number of hydrogen-bond donors (Lipinski definition) is 2. The van der Waals surface area contributed by atoms with Gasteiger partial charge in [0.1, 0.15) is 37.9 Å².